The molecule has 1 spiro atoms. The number of amides is 2. The van der Waals surface area contributed by atoms with Crippen molar-refractivity contribution in [2.45, 2.75) is 44.6 Å². The second-order valence-electron chi connectivity index (χ2n) is 6.95. The van der Waals surface area contributed by atoms with E-state index in [4.69, 9.17) is 0 Å². The van der Waals surface area contributed by atoms with Gasteiger partial charge in [-0.15, -0.1) is 0 Å². The highest BCUT2D eigenvalue weighted by atomic mass is 16.3. The van der Waals surface area contributed by atoms with Gasteiger partial charge in [0.1, 0.15) is 0 Å². The van der Waals surface area contributed by atoms with Crippen molar-refractivity contribution in [3.05, 3.63) is 0 Å². The molecule has 0 radical (unpaired) electrons. The van der Waals surface area contributed by atoms with E-state index in [2.05, 4.69) is 5.32 Å². The number of nitrogens with one attached hydrogen (secondary N) is 1. The molecule has 2 aliphatic heterocycles. The van der Waals surface area contributed by atoms with Crippen LogP contribution in [0, 0.1) is 5.41 Å². The third kappa shape index (κ3) is 3.43. The molecule has 0 aromatic rings. The molecule has 6 heteroatoms. The molecule has 0 aromatic carbocycles. The lowest BCUT2D eigenvalue weighted by atomic mass is 9.90. The molecule has 22 heavy (non-hydrogen) atoms. The minimum Gasteiger partial charge on any atom is -0.391 e. The largest absolute Gasteiger partial charge is 0.391 e. The quantitative estimate of drug-likeness (QED) is 0.764. The fourth-order valence-electron chi connectivity index (χ4n) is 3.62. The van der Waals surface area contributed by atoms with Gasteiger partial charge in [-0.1, -0.05) is 0 Å². The monoisotopic (exact) mass is 309 g/mol. The number of hydrogen-bond acceptors (Lipinski definition) is 4. The van der Waals surface area contributed by atoms with Gasteiger partial charge >= 0.3 is 0 Å². The summed E-state index contributed by atoms with van der Waals surface area (Å²) in [5.41, 5.74) is 0.141. The number of piperidine rings is 1. The molecule has 3 rings (SSSR count). The minimum atomic E-state index is -0.344. The van der Waals surface area contributed by atoms with Crippen LogP contribution < -0.4 is 5.32 Å². The van der Waals surface area contributed by atoms with E-state index >= 15 is 0 Å². The molecule has 0 bridgehead atoms. The highest BCUT2D eigenvalue weighted by Gasteiger charge is 2.51. The molecule has 1 aliphatic carbocycles. The zero-order valence-corrected chi connectivity index (χ0v) is 13.2. The van der Waals surface area contributed by atoms with Crippen LogP contribution in [0.3, 0.4) is 0 Å². The molecule has 1 atom stereocenters. The van der Waals surface area contributed by atoms with Gasteiger partial charge in [0.15, 0.2) is 0 Å². The maximum absolute atomic E-state index is 12.3. The Morgan fingerprint density at radius 3 is 2.82 bits per heavy atom. The van der Waals surface area contributed by atoms with Gasteiger partial charge in [0.05, 0.1) is 6.10 Å². The van der Waals surface area contributed by atoms with E-state index in [1.165, 1.54) is 0 Å². The molecule has 124 valence electrons. The summed E-state index contributed by atoms with van der Waals surface area (Å²) in [4.78, 5) is 27.8. The summed E-state index contributed by atoms with van der Waals surface area (Å²) in [5, 5.41) is 13.4. The number of carbonyl (C=O) groups is 2. The summed E-state index contributed by atoms with van der Waals surface area (Å²) >= 11 is 0. The number of aliphatic hydroxyl groups is 1. The van der Waals surface area contributed by atoms with Crippen molar-refractivity contribution in [1.29, 1.82) is 0 Å². The lowest BCUT2D eigenvalue weighted by Crippen LogP contribution is -2.47. The van der Waals surface area contributed by atoms with E-state index in [9.17, 15) is 14.7 Å². The molecular formula is C16H27N3O3. The van der Waals surface area contributed by atoms with E-state index in [0.717, 1.165) is 45.4 Å². The van der Waals surface area contributed by atoms with E-state index in [-0.39, 0.29) is 23.3 Å². The molecule has 3 aliphatic rings. The van der Waals surface area contributed by atoms with Crippen molar-refractivity contribution >= 4 is 11.8 Å². The van der Waals surface area contributed by atoms with Crippen LogP contribution >= 0.6 is 0 Å². The number of nitrogens with zero attached hydrogens (tertiary/aromatic N) is 2. The average molecular weight is 309 g/mol. The van der Waals surface area contributed by atoms with Crippen molar-refractivity contribution in [3.8, 4) is 0 Å². The predicted octanol–water partition coefficient (Wildman–Crippen LogP) is -0.0381. The first-order valence-electron chi connectivity index (χ1n) is 8.55. The van der Waals surface area contributed by atoms with E-state index in [1.54, 1.807) is 4.90 Å². The molecule has 6 nitrogen and oxygen atoms in total. The van der Waals surface area contributed by atoms with Gasteiger partial charge in [-0.05, 0) is 31.1 Å². The molecule has 2 amide bonds. The van der Waals surface area contributed by atoms with Crippen LogP contribution in [-0.2, 0) is 9.59 Å². The Morgan fingerprint density at radius 1 is 1.27 bits per heavy atom. The first-order valence-corrected chi connectivity index (χ1v) is 8.55. The van der Waals surface area contributed by atoms with Gasteiger partial charge in [0.25, 0.3) is 0 Å². The SMILES string of the molecule is O=C1CCNCCN1CCCC(=O)N1CCC2(CC2)C(O)C1. The summed E-state index contributed by atoms with van der Waals surface area (Å²) in [6.07, 6.45) is 4.55. The van der Waals surface area contributed by atoms with Gasteiger partial charge in [-0.25, -0.2) is 0 Å². The second kappa shape index (κ2) is 6.54. The lowest BCUT2D eigenvalue weighted by molar-refractivity contribution is -0.137. The molecule has 2 heterocycles. The summed E-state index contributed by atoms with van der Waals surface area (Å²) in [7, 11) is 0. The number of likely N-dealkylation sites (tertiary alicyclic amines) is 1. The van der Waals surface area contributed by atoms with Crippen LogP contribution in [-0.4, -0.2) is 72.1 Å². The van der Waals surface area contributed by atoms with Crippen molar-refractivity contribution in [3.63, 3.8) is 0 Å². The number of rotatable bonds is 4. The Morgan fingerprint density at radius 2 is 2.09 bits per heavy atom. The third-order valence-electron chi connectivity index (χ3n) is 5.47. The Hall–Kier alpha value is -1.14. The minimum absolute atomic E-state index is 0.120. The summed E-state index contributed by atoms with van der Waals surface area (Å²) in [6, 6.07) is 0. The van der Waals surface area contributed by atoms with E-state index < -0.39 is 0 Å². The summed E-state index contributed by atoms with van der Waals surface area (Å²) in [6.45, 7) is 4.25. The Kier molecular flexibility index (Phi) is 4.68. The highest BCUT2D eigenvalue weighted by Crippen LogP contribution is 2.53. The van der Waals surface area contributed by atoms with Crippen LogP contribution in [0.25, 0.3) is 0 Å². The van der Waals surface area contributed by atoms with Gasteiger partial charge in [0.2, 0.25) is 11.8 Å². The predicted molar refractivity (Wildman–Crippen MR) is 82.2 cm³/mol. The van der Waals surface area contributed by atoms with Crippen LogP contribution in [0.15, 0.2) is 0 Å². The van der Waals surface area contributed by atoms with Gasteiger partial charge in [-0.2, -0.15) is 0 Å². The van der Waals surface area contributed by atoms with Crippen LogP contribution in [0.2, 0.25) is 0 Å². The standard InChI is InChI=1S/C16H27N3O3/c20-13-12-19(10-6-16(13)4-5-16)14(21)2-1-9-18-11-8-17-7-3-15(18)22/h13,17,20H,1-12H2. The molecule has 2 saturated heterocycles. The Bertz CT molecular complexity index is 436. The Labute approximate surface area is 131 Å². The number of aliphatic hydroxyl groups excluding tert-OH is 1. The first-order chi connectivity index (χ1) is 10.6. The fourth-order valence-corrected chi connectivity index (χ4v) is 3.62. The molecule has 1 saturated carbocycles. The summed E-state index contributed by atoms with van der Waals surface area (Å²) in [5.74, 6) is 0.302. The maximum atomic E-state index is 12.3. The molecule has 0 aromatic heterocycles. The van der Waals surface area contributed by atoms with Crippen molar-refractivity contribution in [2.75, 3.05) is 39.3 Å². The molecular weight excluding hydrogens is 282 g/mol. The zero-order valence-electron chi connectivity index (χ0n) is 13.2. The van der Waals surface area contributed by atoms with Crippen molar-refractivity contribution in [1.82, 2.24) is 15.1 Å². The smallest absolute Gasteiger partial charge is 0.223 e. The lowest BCUT2D eigenvalue weighted by Gasteiger charge is -2.36. The van der Waals surface area contributed by atoms with Gasteiger partial charge in [-0.3, -0.25) is 9.59 Å². The van der Waals surface area contributed by atoms with Crippen LogP contribution in [0.1, 0.15) is 38.5 Å². The normalized spacial score (nSPS) is 27.9. The first kappa shape index (κ1) is 15.7. The van der Waals surface area contributed by atoms with E-state index in [0.29, 0.717) is 32.4 Å². The molecule has 2 N–H and O–H groups in total. The third-order valence-corrected chi connectivity index (χ3v) is 5.47. The van der Waals surface area contributed by atoms with Crippen molar-refractivity contribution in [2.24, 2.45) is 5.41 Å². The van der Waals surface area contributed by atoms with E-state index in [1.807, 2.05) is 4.90 Å². The second-order valence-corrected chi connectivity index (χ2v) is 6.95. The number of carbonyl (C=O) groups excluding carboxylic acids is 2. The topological polar surface area (TPSA) is 72.9 Å². The number of hydrogen-bond donors (Lipinski definition) is 2. The highest BCUT2D eigenvalue weighted by molar-refractivity contribution is 5.77. The number of β-amino-alcohol motifs (C(OH)–C–C–N with tert-alkyl or cyclic N) is 1. The molecule has 3 fully saturated rings. The maximum Gasteiger partial charge on any atom is 0.223 e. The molecule has 1 unspecified atom stereocenters. The van der Waals surface area contributed by atoms with Crippen LogP contribution in [0.5, 0.6) is 0 Å². The van der Waals surface area contributed by atoms with Crippen molar-refractivity contribution < 1.29 is 14.7 Å². The van der Waals surface area contributed by atoms with Crippen LogP contribution in [0.4, 0.5) is 0 Å². The van der Waals surface area contributed by atoms with Gasteiger partial charge in [0, 0.05) is 52.1 Å². The van der Waals surface area contributed by atoms with Gasteiger partial charge < -0.3 is 20.2 Å². The summed E-state index contributed by atoms with van der Waals surface area (Å²) < 4.78 is 0. The Balaban J connectivity index is 1.39. The average Bonchev–Trinajstić information content (AvgIpc) is 3.30. The fraction of sp³-hybridized carbons (Fsp3) is 0.875. The zero-order chi connectivity index (χ0) is 15.6.